The van der Waals surface area contributed by atoms with Crippen molar-refractivity contribution in [3.63, 3.8) is 0 Å². The molecule has 0 saturated heterocycles. The third-order valence-electron chi connectivity index (χ3n) is 4.21. The number of benzene rings is 1. The van der Waals surface area contributed by atoms with Gasteiger partial charge in [-0.25, -0.2) is 4.98 Å². The molecule has 0 radical (unpaired) electrons. The molecular weight excluding hydrogens is 302 g/mol. The summed E-state index contributed by atoms with van der Waals surface area (Å²) in [6.45, 7) is 0. The fourth-order valence-electron chi connectivity index (χ4n) is 2.93. The van der Waals surface area contributed by atoms with E-state index in [1.165, 1.54) is 12.8 Å². The van der Waals surface area contributed by atoms with Crippen LogP contribution in [-0.4, -0.2) is 17.0 Å². The molecule has 0 atom stereocenters. The Morgan fingerprint density at radius 3 is 2.83 bits per heavy atom. The molecule has 1 saturated carbocycles. The monoisotopic (exact) mass is 325 g/mol. The van der Waals surface area contributed by atoms with Crippen LogP contribution in [0.25, 0.3) is 0 Å². The van der Waals surface area contributed by atoms with E-state index in [4.69, 9.17) is 10.5 Å². The average molecular weight is 325 g/mol. The van der Waals surface area contributed by atoms with Gasteiger partial charge in [0, 0.05) is 6.42 Å². The Morgan fingerprint density at radius 2 is 2.08 bits per heavy atom. The third kappa shape index (κ3) is 4.72. The summed E-state index contributed by atoms with van der Waals surface area (Å²) in [6.07, 6.45) is 7.79. The standard InChI is InChI=1S/C19H23N3O2/c20-18-10-9-15(13-21-18)22-19(23)11-8-14-4-3-7-17(12-14)24-16-5-1-2-6-16/h3-4,7,9-10,12-13,16H,1-2,5-6,8,11H2,(H2,20,21)(H,22,23). The quantitative estimate of drug-likeness (QED) is 0.851. The van der Waals surface area contributed by atoms with Crippen LogP contribution in [0.15, 0.2) is 42.6 Å². The van der Waals surface area contributed by atoms with Gasteiger partial charge in [0.25, 0.3) is 0 Å². The number of pyridine rings is 1. The predicted octanol–water partition coefficient (Wildman–Crippen LogP) is 3.56. The van der Waals surface area contributed by atoms with Gasteiger partial charge in [0.15, 0.2) is 0 Å². The number of nitrogens with two attached hydrogens (primary N) is 1. The van der Waals surface area contributed by atoms with E-state index in [9.17, 15) is 4.79 Å². The van der Waals surface area contributed by atoms with Crippen LogP contribution in [-0.2, 0) is 11.2 Å². The van der Waals surface area contributed by atoms with Crippen LogP contribution in [0.2, 0.25) is 0 Å². The first-order valence-electron chi connectivity index (χ1n) is 8.46. The number of nitrogens with zero attached hydrogens (tertiary/aromatic N) is 1. The van der Waals surface area contributed by atoms with Gasteiger partial charge in [0.05, 0.1) is 18.0 Å². The van der Waals surface area contributed by atoms with Crippen LogP contribution < -0.4 is 15.8 Å². The molecule has 0 unspecified atom stereocenters. The Kier molecular flexibility index (Phi) is 5.31. The molecule has 0 aliphatic heterocycles. The van der Waals surface area contributed by atoms with Crippen LogP contribution in [0.4, 0.5) is 11.5 Å². The lowest BCUT2D eigenvalue weighted by Gasteiger charge is -2.13. The van der Waals surface area contributed by atoms with Crippen molar-refractivity contribution in [3.05, 3.63) is 48.2 Å². The number of carbonyl (C=O) groups is 1. The number of hydrogen-bond acceptors (Lipinski definition) is 4. The van der Waals surface area contributed by atoms with Gasteiger partial charge in [0.2, 0.25) is 5.91 Å². The van der Waals surface area contributed by atoms with E-state index < -0.39 is 0 Å². The third-order valence-corrected chi connectivity index (χ3v) is 4.21. The lowest BCUT2D eigenvalue weighted by Crippen LogP contribution is -2.13. The first kappa shape index (κ1) is 16.3. The molecule has 5 nitrogen and oxygen atoms in total. The van der Waals surface area contributed by atoms with Gasteiger partial charge in [0.1, 0.15) is 11.6 Å². The molecule has 0 bridgehead atoms. The number of nitrogens with one attached hydrogen (secondary N) is 1. The summed E-state index contributed by atoms with van der Waals surface area (Å²) >= 11 is 0. The normalized spacial score (nSPS) is 14.5. The molecular formula is C19H23N3O2. The number of nitrogen functional groups attached to an aromatic ring is 1. The van der Waals surface area contributed by atoms with Crippen molar-refractivity contribution >= 4 is 17.4 Å². The minimum absolute atomic E-state index is 0.0383. The maximum Gasteiger partial charge on any atom is 0.224 e. The van der Waals surface area contributed by atoms with Gasteiger partial charge in [-0.15, -0.1) is 0 Å². The average Bonchev–Trinajstić information content (AvgIpc) is 3.08. The molecule has 1 aliphatic carbocycles. The molecule has 24 heavy (non-hydrogen) atoms. The Morgan fingerprint density at radius 1 is 1.25 bits per heavy atom. The van der Waals surface area contributed by atoms with Gasteiger partial charge >= 0.3 is 0 Å². The summed E-state index contributed by atoms with van der Waals surface area (Å²) in [6, 6.07) is 11.5. The van der Waals surface area contributed by atoms with Gasteiger partial charge < -0.3 is 15.8 Å². The number of ether oxygens (including phenoxy) is 1. The van der Waals surface area contributed by atoms with Crippen molar-refractivity contribution in [1.82, 2.24) is 4.98 Å². The number of aromatic nitrogens is 1. The maximum atomic E-state index is 12.0. The fraction of sp³-hybridized carbons (Fsp3) is 0.368. The lowest BCUT2D eigenvalue weighted by atomic mass is 10.1. The van der Waals surface area contributed by atoms with Crippen LogP contribution in [0, 0.1) is 0 Å². The molecule has 1 amide bonds. The zero-order valence-electron chi connectivity index (χ0n) is 13.7. The molecule has 1 fully saturated rings. The van der Waals surface area contributed by atoms with E-state index in [1.54, 1.807) is 18.3 Å². The molecule has 3 N–H and O–H groups in total. The van der Waals surface area contributed by atoms with Crippen molar-refractivity contribution < 1.29 is 9.53 Å². The Bertz CT molecular complexity index is 679. The minimum atomic E-state index is -0.0383. The first-order chi connectivity index (χ1) is 11.7. The Balaban J connectivity index is 1.50. The van der Waals surface area contributed by atoms with Gasteiger partial charge in [-0.1, -0.05) is 12.1 Å². The largest absolute Gasteiger partial charge is 0.490 e. The number of anilines is 2. The second-order valence-corrected chi connectivity index (χ2v) is 6.19. The van der Waals surface area contributed by atoms with Gasteiger partial charge in [-0.2, -0.15) is 0 Å². The maximum absolute atomic E-state index is 12.0. The lowest BCUT2D eigenvalue weighted by molar-refractivity contribution is -0.116. The van der Waals surface area contributed by atoms with Crippen LogP contribution >= 0.6 is 0 Å². The highest BCUT2D eigenvalue weighted by Crippen LogP contribution is 2.24. The van der Waals surface area contributed by atoms with E-state index in [0.717, 1.165) is 24.2 Å². The highest BCUT2D eigenvalue weighted by atomic mass is 16.5. The van der Waals surface area contributed by atoms with E-state index in [-0.39, 0.29) is 5.91 Å². The zero-order chi connectivity index (χ0) is 16.8. The summed E-state index contributed by atoms with van der Waals surface area (Å²) in [5.74, 6) is 1.30. The number of rotatable bonds is 6. The fourth-order valence-corrected chi connectivity index (χ4v) is 2.93. The Hall–Kier alpha value is -2.56. The molecule has 1 aliphatic rings. The molecule has 126 valence electrons. The topological polar surface area (TPSA) is 77.2 Å². The minimum Gasteiger partial charge on any atom is -0.490 e. The highest BCUT2D eigenvalue weighted by Gasteiger charge is 2.16. The van der Waals surface area contributed by atoms with E-state index in [1.807, 2.05) is 24.3 Å². The summed E-state index contributed by atoms with van der Waals surface area (Å²) < 4.78 is 6.01. The van der Waals surface area contributed by atoms with Crippen LogP contribution in [0.5, 0.6) is 5.75 Å². The molecule has 1 aromatic carbocycles. The Labute approximate surface area is 142 Å². The highest BCUT2D eigenvalue weighted by molar-refractivity contribution is 5.90. The number of hydrogen-bond donors (Lipinski definition) is 2. The van der Waals surface area contributed by atoms with E-state index >= 15 is 0 Å². The number of aryl methyl sites for hydroxylation is 1. The summed E-state index contributed by atoms with van der Waals surface area (Å²) in [5, 5.41) is 2.82. The SMILES string of the molecule is Nc1ccc(NC(=O)CCc2cccc(OC3CCCC3)c2)cn1. The first-order valence-corrected chi connectivity index (χ1v) is 8.46. The number of amides is 1. The predicted molar refractivity (Wildman–Crippen MR) is 94.9 cm³/mol. The van der Waals surface area contributed by atoms with Crippen LogP contribution in [0.3, 0.4) is 0 Å². The van der Waals surface area contributed by atoms with Crippen molar-refractivity contribution in [3.8, 4) is 5.75 Å². The molecule has 2 aromatic rings. The molecule has 5 heteroatoms. The molecule has 0 spiro atoms. The van der Waals surface area contributed by atoms with Crippen LogP contribution in [0.1, 0.15) is 37.7 Å². The van der Waals surface area contributed by atoms with Gasteiger partial charge in [-0.05, 0) is 61.9 Å². The second kappa shape index (κ2) is 7.81. The summed E-state index contributed by atoms with van der Waals surface area (Å²) in [5.41, 5.74) is 7.30. The molecule has 3 rings (SSSR count). The number of carbonyl (C=O) groups excluding carboxylic acids is 1. The van der Waals surface area contributed by atoms with Crippen molar-refractivity contribution in [2.75, 3.05) is 11.1 Å². The molecule has 1 heterocycles. The smallest absolute Gasteiger partial charge is 0.224 e. The van der Waals surface area contributed by atoms with E-state index in [0.29, 0.717) is 30.5 Å². The summed E-state index contributed by atoms with van der Waals surface area (Å²) in [7, 11) is 0. The summed E-state index contributed by atoms with van der Waals surface area (Å²) in [4.78, 5) is 16.0. The van der Waals surface area contributed by atoms with Gasteiger partial charge in [-0.3, -0.25) is 4.79 Å². The van der Waals surface area contributed by atoms with E-state index in [2.05, 4.69) is 10.3 Å². The van der Waals surface area contributed by atoms with Crippen molar-refractivity contribution in [2.45, 2.75) is 44.6 Å². The molecule has 1 aromatic heterocycles. The van der Waals surface area contributed by atoms with Crippen molar-refractivity contribution in [1.29, 1.82) is 0 Å². The van der Waals surface area contributed by atoms with Crippen molar-refractivity contribution in [2.24, 2.45) is 0 Å². The zero-order valence-corrected chi connectivity index (χ0v) is 13.7. The second-order valence-electron chi connectivity index (χ2n) is 6.19.